The Hall–Kier alpha value is -2.63. The zero-order chi connectivity index (χ0) is 17.6. The molecular weight excluding hydrogens is 318 g/mol. The summed E-state index contributed by atoms with van der Waals surface area (Å²) in [5.41, 5.74) is 0.645. The number of rotatable bonds is 4. The summed E-state index contributed by atoms with van der Waals surface area (Å²) in [5, 5.41) is 3.46. The van der Waals surface area contributed by atoms with Gasteiger partial charge in [-0.3, -0.25) is 14.4 Å². The van der Waals surface area contributed by atoms with Gasteiger partial charge < -0.3 is 15.2 Å². The summed E-state index contributed by atoms with van der Waals surface area (Å²) >= 11 is 0. The van der Waals surface area contributed by atoms with Gasteiger partial charge in [0.1, 0.15) is 0 Å². The number of carbonyl (C=O) groups is 2. The highest BCUT2D eigenvalue weighted by atomic mass is 16.2. The molecule has 1 fully saturated rings. The number of hydrogen-bond donors (Lipinski definition) is 2. The molecule has 2 aromatic rings. The Morgan fingerprint density at radius 2 is 1.80 bits per heavy atom. The van der Waals surface area contributed by atoms with Gasteiger partial charge in [0.2, 0.25) is 11.5 Å². The maximum absolute atomic E-state index is 12.4. The van der Waals surface area contributed by atoms with Gasteiger partial charge >= 0.3 is 0 Å². The van der Waals surface area contributed by atoms with Crippen LogP contribution in [0.3, 0.4) is 0 Å². The molecule has 0 radical (unpaired) electrons. The van der Waals surface area contributed by atoms with Crippen molar-refractivity contribution in [3.8, 4) is 0 Å². The van der Waals surface area contributed by atoms with E-state index in [-0.39, 0.29) is 30.3 Å². The first kappa shape index (κ1) is 17.2. The zero-order valence-corrected chi connectivity index (χ0v) is 14.2. The van der Waals surface area contributed by atoms with Crippen molar-refractivity contribution in [2.45, 2.75) is 32.1 Å². The summed E-state index contributed by atoms with van der Waals surface area (Å²) in [7, 11) is 0. The maximum Gasteiger partial charge on any atom is 0.252 e. The van der Waals surface area contributed by atoms with Crippen LogP contribution in [-0.4, -0.2) is 41.3 Å². The van der Waals surface area contributed by atoms with Gasteiger partial charge in [-0.25, -0.2) is 0 Å². The molecule has 1 aromatic carbocycles. The largest absolute Gasteiger partial charge is 0.351 e. The number of nitrogens with zero attached hydrogens (tertiary/aromatic N) is 1. The summed E-state index contributed by atoms with van der Waals surface area (Å²) in [6.07, 6.45) is 4.74. The van der Waals surface area contributed by atoms with Gasteiger partial charge in [-0.15, -0.1) is 0 Å². The number of benzene rings is 1. The number of hydrogen-bond acceptors (Lipinski definition) is 3. The summed E-state index contributed by atoms with van der Waals surface area (Å²) in [6.45, 7) is 1.90. The quantitative estimate of drug-likeness (QED) is 0.893. The van der Waals surface area contributed by atoms with E-state index in [4.69, 9.17) is 0 Å². The molecule has 1 aliphatic heterocycles. The number of para-hydroxylation sites is 1. The number of nitrogens with one attached hydrogen (secondary N) is 2. The van der Waals surface area contributed by atoms with Gasteiger partial charge in [0.25, 0.3) is 5.91 Å². The van der Waals surface area contributed by atoms with Crippen molar-refractivity contribution >= 4 is 22.7 Å². The van der Waals surface area contributed by atoms with E-state index in [1.165, 1.54) is 18.9 Å². The van der Waals surface area contributed by atoms with Crippen molar-refractivity contribution in [2.75, 3.05) is 19.6 Å². The third kappa shape index (κ3) is 4.26. The predicted molar refractivity (Wildman–Crippen MR) is 96.6 cm³/mol. The average Bonchev–Trinajstić information content (AvgIpc) is 2.90. The van der Waals surface area contributed by atoms with Crippen molar-refractivity contribution in [1.82, 2.24) is 15.2 Å². The molecular formula is C19H23N3O3. The van der Waals surface area contributed by atoms with E-state index < -0.39 is 0 Å². The third-order valence-electron chi connectivity index (χ3n) is 4.58. The Bertz CT molecular complexity index is 820. The first-order valence-corrected chi connectivity index (χ1v) is 8.83. The molecule has 0 spiro atoms. The Kier molecular flexibility index (Phi) is 5.48. The minimum atomic E-state index is -0.328. The molecule has 25 heavy (non-hydrogen) atoms. The second-order valence-electron chi connectivity index (χ2n) is 6.39. The lowest BCUT2D eigenvalue weighted by Gasteiger charge is -2.20. The highest BCUT2D eigenvalue weighted by Crippen LogP contribution is 2.14. The number of H-pyrrole nitrogens is 1. The van der Waals surface area contributed by atoms with E-state index >= 15 is 0 Å². The monoisotopic (exact) mass is 341 g/mol. The van der Waals surface area contributed by atoms with Gasteiger partial charge in [0, 0.05) is 43.0 Å². The highest BCUT2D eigenvalue weighted by molar-refractivity contribution is 6.06. The summed E-state index contributed by atoms with van der Waals surface area (Å²) in [5.74, 6) is -0.246. The smallest absolute Gasteiger partial charge is 0.252 e. The molecule has 3 rings (SSSR count). The molecule has 1 aliphatic rings. The number of fused-ring (bicyclic) bond motifs is 1. The molecule has 0 atom stereocenters. The number of aromatic nitrogens is 1. The van der Waals surface area contributed by atoms with Crippen molar-refractivity contribution in [1.29, 1.82) is 0 Å². The highest BCUT2D eigenvalue weighted by Gasteiger charge is 2.16. The van der Waals surface area contributed by atoms with Crippen LogP contribution in [0, 0.1) is 0 Å². The number of likely N-dealkylation sites (tertiary alicyclic amines) is 1. The molecule has 132 valence electrons. The van der Waals surface area contributed by atoms with Crippen molar-refractivity contribution in [3.05, 3.63) is 46.2 Å². The SMILES string of the molecule is O=C(NCCC(=O)N1CCCCCC1)c1cc(=O)[nH]c2ccccc12. The van der Waals surface area contributed by atoms with Crippen molar-refractivity contribution in [3.63, 3.8) is 0 Å². The summed E-state index contributed by atoms with van der Waals surface area (Å²) in [6, 6.07) is 8.48. The lowest BCUT2D eigenvalue weighted by atomic mass is 10.1. The molecule has 6 heteroatoms. The Labute approximate surface area is 146 Å². The van der Waals surface area contributed by atoms with Crippen LogP contribution in [0.15, 0.2) is 35.1 Å². The van der Waals surface area contributed by atoms with Crippen LogP contribution >= 0.6 is 0 Å². The molecule has 1 aromatic heterocycles. The molecule has 0 saturated carbocycles. The lowest BCUT2D eigenvalue weighted by Crippen LogP contribution is -2.35. The number of aromatic amines is 1. The van der Waals surface area contributed by atoms with Crippen LogP contribution in [0.2, 0.25) is 0 Å². The van der Waals surface area contributed by atoms with Crippen LogP contribution in [0.1, 0.15) is 42.5 Å². The predicted octanol–water partition coefficient (Wildman–Crippen LogP) is 2.05. The number of pyridine rings is 1. The molecule has 2 N–H and O–H groups in total. The fraction of sp³-hybridized carbons (Fsp3) is 0.421. The second kappa shape index (κ2) is 7.96. The maximum atomic E-state index is 12.4. The molecule has 2 amide bonds. The number of amides is 2. The fourth-order valence-corrected chi connectivity index (χ4v) is 3.25. The van der Waals surface area contributed by atoms with Gasteiger partial charge in [-0.05, 0) is 18.9 Å². The van der Waals surface area contributed by atoms with Gasteiger partial charge in [-0.2, -0.15) is 0 Å². The van der Waals surface area contributed by atoms with Crippen LogP contribution in [0.4, 0.5) is 0 Å². The molecule has 1 saturated heterocycles. The average molecular weight is 341 g/mol. The van der Waals surface area contributed by atoms with E-state index in [9.17, 15) is 14.4 Å². The third-order valence-corrected chi connectivity index (χ3v) is 4.58. The Balaban J connectivity index is 1.61. The summed E-state index contributed by atoms with van der Waals surface area (Å²) < 4.78 is 0. The topological polar surface area (TPSA) is 82.3 Å². The second-order valence-corrected chi connectivity index (χ2v) is 6.39. The summed E-state index contributed by atoms with van der Waals surface area (Å²) in [4.78, 5) is 41.0. The van der Waals surface area contributed by atoms with Gasteiger partial charge in [0.05, 0.1) is 5.56 Å². The first-order valence-electron chi connectivity index (χ1n) is 8.83. The number of carbonyl (C=O) groups excluding carboxylic acids is 2. The first-order chi connectivity index (χ1) is 12.1. The van der Waals surface area contributed by atoms with Crippen molar-refractivity contribution in [2.24, 2.45) is 0 Å². The van der Waals surface area contributed by atoms with E-state index in [2.05, 4.69) is 10.3 Å². The normalized spacial score (nSPS) is 15.0. The zero-order valence-electron chi connectivity index (χ0n) is 14.2. The fourth-order valence-electron chi connectivity index (χ4n) is 3.25. The van der Waals surface area contributed by atoms with Gasteiger partial charge in [0.15, 0.2) is 0 Å². The molecule has 2 heterocycles. The minimum Gasteiger partial charge on any atom is -0.351 e. The molecule has 0 aliphatic carbocycles. The molecule has 6 nitrogen and oxygen atoms in total. The minimum absolute atomic E-state index is 0.0815. The lowest BCUT2D eigenvalue weighted by molar-refractivity contribution is -0.131. The van der Waals surface area contributed by atoms with Crippen molar-refractivity contribution < 1.29 is 9.59 Å². The standard InChI is InChI=1S/C19H23N3O3/c23-17-13-15(14-7-3-4-8-16(14)21-17)19(25)20-10-9-18(24)22-11-5-1-2-6-12-22/h3-4,7-8,13H,1-2,5-6,9-12H2,(H,20,25)(H,21,23). The molecule has 0 unspecified atom stereocenters. The Morgan fingerprint density at radius 1 is 1.08 bits per heavy atom. The van der Waals surface area contributed by atoms with E-state index in [1.54, 1.807) is 18.2 Å². The van der Waals surface area contributed by atoms with Crippen LogP contribution in [0.5, 0.6) is 0 Å². The Morgan fingerprint density at radius 3 is 2.56 bits per heavy atom. The van der Waals surface area contributed by atoms with Crippen LogP contribution in [0.25, 0.3) is 10.9 Å². The van der Waals surface area contributed by atoms with Gasteiger partial charge in [-0.1, -0.05) is 31.0 Å². The van der Waals surface area contributed by atoms with E-state index in [1.807, 2.05) is 11.0 Å². The van der Waals surface area contributed by atoms with Crippen LogP contribution < -0.4 is 10.9 Å². The molecule has 0 bridgehead atoms. The van der Waals surface area contributed by atoms with Crippen LogP contribution in [-0.2, 0) is 4.79 Å². The van der Waals surface area contributed by atoms with E-state index in [0.29, 0.717) is 16.5 Å². The van der Waals surface area contributed by atoms with E-state index in [0.717, 1.165) is 25.9 Å².